The Morgan fingerprint density at radius 2 is 2.06 bits per heavy atom. The van der Waals surface area contributed by atoms with E-state index < -0.39 is 0 Å². The van der Waals surface area contributed by atoms with Crippen LogP contribution in [-0.2, 0) is 4.74 Å². The van der Waals surface area contributed by atoms with Crippen molar-refractivity contribution >= 4 is 0 Å². The topological polar surface area (TPSA) is 21.3 Å². The highest BCUT2D eigenvalue weighted by Gasteiger charge is 2.14. The third-order valence-electron chi connectivity index (χ3n) is 2.35. The van der Waals surface area contributed by atoms with Crippen LogP contribution in [0.1, 0.15) is 31.9 Å². The van der Waals surface area contributed by atoms with E-state index in [1.165, 1.54) is 6.07 Å². The highest BCUT2D eigenvalue weighted by atomic mass is 19.1. The van der Waals surface area contributed by atoms with Gasteiger partial charge in [0.05, 0.1) is 6.10 Å². The van der Waals surface area contributed by atoms with Gasteiger partial charge in [0.2, 0.25) is 0 Å². The second kappa shape index (κ2) is 7.36. The van der Waals surface area contributed by atoms with Gasteiger partial charge in [-0.15, -0.1) is 0 Å². The summed E-state index contributed by atoms with van der Waals surface area (Å²) in [6.07, 6.45) is 0.748. The Labute approximate surface area is 96.8 Å². The Morgan fingerprint density at radius 1 is 1.31 bits per heavy atom. The molecule has 0 bridgehead atoms. The molecular formula is C13H20FNO. The van der Waals surface area contributed by atoms with Crippen LogP contribution in [0.25, 0.3) is 0 Å². The molecule has 0 amide bonds. The number of ether oxygens (including phenoxy) is 1. The molecule has 1 atom stereocenters. The van der Waals surface area contributed by atoms with Gasteiger partial charge in [0.25, 0.3) is 0 Å². The van der Waals surface area contributed by atoms with Gasteiger partial charge >= 0.3 is 0 Å². The van der Waals surface area contributed by atoms with Crippen molar-refractivity contribution in [3.63, 3.8) is 0 Å². The molecule has 3 heteroatoms. The summed E-state index contributed by atoms with van der Waals surface area (Å²) in [7, 11) is 0. The normalized spacial score (nSPS) is 12.7. The summed E-state index contributed by atoms with van der Waals surface area (Å²) in [5.74, 6) is -0.193. The summed E-state index contributed by atoms with van der Waals surface area (Å²) in [4.78, 5) is 0. The minimum Gasteiger partial charge on any atom is -0.372 e. The average molecular weight is 225 g/mol. The molecule has 0 aromatic heterocycles. The van der Waals surface area contributed by atoms with Crippen LogP contribution < -0.4 is 5.32 Å². The average Bonchev–Trinajstić information content (AvgIpc) is 2.31. The molecule has 0 aliphatic rings. The fraction of sp³-hybridized carbons (Fsp3) is 0.538. The standard InChI is InChI=1S/C13H20FNO/c1-3-9-16-13(10-15-4-2)11-7-5-6-8-12(11)14/h5-8,13,15H,3-4,9-10H2,1-2H3. The first-order chi connectivity index (χ1) is 7.79. The lowest BCUT2D eigenvalue weighted by Gasteiger charge is -2.18. The molecule has 0 saturated carbocycles. The minimum absolute atomic E-state index is 0.193. The van der Waals surface area contributed by atoms with E-state index in [0.29, 0.717) is 18.7 Å². The van der Waals surface area contributed by atoms with Crippen LogP contribution in [0.3, 0.4) is 0 Å². The quantitative estimate of drug-likeness (QED) is 0.770. The molecule has 1 aromatic rings. The Kier molecular flexibility index (Phi) is 6.04. The molecule has 16 heavy (non-hydrogen) atoms. The molecule has 0 fully saturated rings. The smallest absolute Gasteiger partial charge is 0.129 e. The van der Waals surface area contributed by atoms with E-state index in [9.17, 15) is 4.39 Å². The summed E-state index contributed by atoms with van der Waals surface area (Å²) < 4.78 is 19.2. The molecule has 0 saturated heterocycles. The van der Waals surface area contributed by atoms with E-state index in [-0.39, 0.29) is 11.9 Å². The van der Waals surface area contributed by atoms with Gasteiger partial charge < -0.3 is 10.1 Å². The van der Waals surface area contributed by atoms with Crippen molar-refractivity contribution in [1.82, 2.24) is 5.32 Å². The SMILES string of the molecule is CCCOC(CNCC)c1ccccc1F. The van der Waals surface area contributed by atoms with Crippen molar-refractivity contribution in [3.8, 4) is 0 Å². The van der Waals surface area contributed by atoms with Gasteiger partial charge in [0.1, 0.15) is 5.82 Å². The summed E-state index contributed by atoms with van der Waals surface area (Å²) >= 11 is 0. The Balaban J connectivity index is 2.70. The molecular weight excluding hydrogens is 205 g/mol. The maximum atomic E-state index is 13.6. The molecule has 1 unspecified atom stereocenters. The largest absolute Gasteiger partial charge is 0.372 e. The first-order valence-corrected chi connectivity index (χ1v) is 5.86. The van der Waals surface area contributed by atoms with Gasteiger partial charge in [-0.05, 0) is 19.0 Å². The monoisotopic (exact) mass is 225 g/mol. The van der Waals surface area contributed by atoms with Crippen molar-refractivity contribution in [1.29, 1.82) is 0 Å². The fourth-order valence-corrected chi connectivity index (χ4v) is 1.53. The van der Waals surface area contributed by atoms with Crippen molar-refractivity contribution < 1.29 is 9.13 Å². The zero-order valence-corrected chi connectivity index (χ0v) is 10.0. The van der Waals surface area contributed by atoms with Crippen molar-refractivity contribution in [2.45, 2.75) is 26.4 Å². The number of benzene rings is 1. The summed E-state index contributed by atoms with van der Waals surface area (Å²) in [6.45, 7) is 6.24. The lowest BCUT2D eigenvalue weighted by molar-refractivity contribution is 0.0510. The highest BCUT2D eigenvalue weighted by molar-refractivity contribution is 5.20. The predicted octanol–water partition coefficient (Wildman–Crippen LogP) is 2.90. The summed E-state index contributed by atoms with van der Waals surface area (Å²) in [6, 6.07) is 6.80. The van der Waals surface area contributed by atoms with E-state index >= 15 is 0 Å². The Morgan fingerprint density at radius 3 is 2.69 bits per heavy atom. The van der Waals surface area contributed by atoms with E-state index in [1.54, 1.807) is 12.1 Å². The van der Waals surface area contributed by atoms with Crippen LogP contribution in [0.5, 0.6) is 0 Å². The van der Waals surface area contributed by atoms with Crippen LogP contribution >= 0.6 is 0 Å². The van der Waals surface area contributed by atoms with E-state index in [4.69, 9.17) is 4.74 Å². The molecule has 2 nitrogen and oxygen atoms in total. The zero-order valence-electron chi connectivity index (χ0n) is 10.0. The van der Waals surface area contributed by atoms with Crippen molar-refractivity contribution in [2.75, 3.05) is 19.7 Å². The third kappa shape index (κ3) is 3.91. The molecule has 1 rings (SSSR count). The van der Waals surface area contributed by atoms with Crippen LogP contribution in [0, 0.1) is 5.82 Å². The van der Waals surface area contributed by atoms with Gasteiger partial charge in [0.15, 0.2) is 0 Å². The van der Waals surface area contributed by atoms with Gasteiger partial charge in [-0.2, -0.15) is 0 Å². The summed E-state index contributed by atoms with van der Waals surface area (Å²) in [5, 5.41) is 3.19. The molecule has 0 spiro atoms. The molecule has 90 valence electrons. The van der Waals surface area contributed by atoms with E-state index in [1.807, 2.05) is 19.9 Å². The second-order valence-corrected chi connectivity index (χ2v) is 3.69. The zero-order chi connectivity index (χ0) is 11.8. The molecule has 0 radical (unpaired) electrons. The Bertz CT molecular complexity index is 296. The molecule has 0 aliphatic carbocycles. The van der Waals surface area contributed by atoms with Crippen LogP contribution in [0.2, 0.25) is 0 Å². The Hall–Kier alpha value is -0.930. The summed E-state index contributed by atoms with van der Waals surface area (Å²) in [5.41, 5.74) is 0.636. The van der Waals surface area contributed by atoms with Crippen LogP contribution in [0.15, 0.2) is 24.3 Å². The lowest BCUT2D eigenvalue weighted by atomic mass is 10.1. The maximum Gasteiger partial charge on any atom is 0.129 e. The van der Waals surface area contributed by atoms with Crippen molar-refractivity contribution in [2.24, 2.45) is 0 Å². The lowest BCUT2D eigenvalue weighted by Crippen LogP contribution is -2.24. The predicted molar refractivity (Wildman–Crippen MR) is 63.9 cm³/mol. The van der Waals surface area contributed by atoms with Gasteiger partial charge in [0, 0.05) is 18.7 Å². The number of hydrogen-bond donors (Lipinski definition) is 1. The van der Waals surface area contributed by atoms with E-state index in [0.717, 1.165) is 13.0 Å². The van der Waals surface area contributed by atoms with Crippen LogP contribution in [-0.4, -0.2) is 19.7 Å². The molecule has 1 N–H and O–H groups in total. The van der Waals surface area contributed by atoms with Gasteiger partial charge in [-0.25, -0.2) is 4.39 Å². The van der Waals surface area contributed by atoms with Crippen LogP contribution in [0.4, 0.5) is 4.39 Å². The minimum atomic E-state index is -0.193. The number of nitrogens with one attached hydrogen (secondary N) is 1. The number of hydrogen-bond acceptors (Lipinski definition) is 2. The fourth-order valence-electron chi connectivity index (χ4n) is 1.53. The van der Waals surface area contributed by atoms with Gasteiger partial charge in [-0.1, -0.05) is 32.0 Å². The van der Waals surface area contributed by atoms with E-state index in [2.05, 4.69) is 5.32 Å². The van der Waals surface area contributed by atoms with Crippen molar-refractivity contribution in [3.05, 3.63) is 35.6 Å². The molecule has 0 aliphatic heterocycles. The van der Waals surface area contributed by atoms with Gasteiger partial charge in [-0.3, -0.25) is 0 Å². The molecule has 1 aromatic carbocycles. The maximum absolute atomic E-state index is 13.6. The second-order valence-electron chi connectivity index (χ2n) is 3.69. The molecule has 0 heterocycles. The first-order valence-electron chi connectivity index (χ1n) is 5.86. The number of rotatable bonds is 7. The number of likely N-dealkylation sites (N-methyl/N-ethyl adjacent to an activating group) is 1. The highest BCUT2D eigenvalue weighted by Crippen LogP contribution is 2.20. The number of halogens is 1. The first kappa shape index (κ1) is 13.1. The third-order valence-corrected chi connectivity index (χ3v) is 2.35.